The van der Waals surface area contributed by atoms with Crippen LogP contribution in [0.1, 0.15) is 39.0 Å². The van der Waals surface area contributed by atoms with Crippen molar-refractivity contribution >= 4 is 18.3 Å². The number of likely N-dealkylation sites (tertiary alicyclic amines) is 1. The van der Waals surface area contributed by atoms with Crippen LogP contribution in [0.25, 0.3) is 0 Å². The Morgan fingerprint density at radius 3 is 2.33 bits per heavy atom. The van der Waals surface area contributed by atoms with E-state index in [1.165, 1.54) is 0 Å². The first-order chi connectivity index (χ1) is 8.08. The van der Waals surface area contributed by atoms with Gasteiger partial charge in [-0.05, 0) is 44.9 Å². The summed E-state index contributed by atoms with van der Waals surface area (Å²) in [6, 6.07) is 0.221. The minimum atomic E-state index is -0.243. The molecule has 0 radical (unpaired) electrons. The summed E-state index contributed by atoms with van der Waals surface area (Å²) >= 11 is 0. The fraction of sp³-hybridized carbons (Fsp3) is 0.923. The smallest absolute Gasteiger partial charge is 0.225 e. The lowest BCUT2D eigenvalue weighted by atomic mass is 9.91. The number of halogens is 1. The van der Waals surface area contributed by atoms with E-state index in [0.717, 1.165) is 45.2 Å². The topological polar surface area (TPSA) is 66.6 Å². The van der Waals surface area contributed by atoms with Crippen LogP contribution >= 0.6 is 12.4 Å². The maximum atomic E-state index is 12.2. The Labute approximate surface area is 115 Å². The molecule has 18 heavy (non-hydrogen) atoms. The standard InChI is InChI=1S/C13H24N2O2.ClH/c1-9(16)10-4-6-15(7-5-10)13(17)11-2-3-12(14)8-11;/h9-12,16H,2-8,14H2,1H3;1H. The minimum absolute atomic E-state index is 0. The zero-order valence-electron chi connectivity index (χ0n) is 11.0. The van der Waals surface area contributed by atoms with Gasteiger partial charge in [-0.15, -0.1) is 12.4 Å². The molecule has 4 nitrogen and oxygen atoms in total. The monoisotopic (exact) mass is 276 g/mol. The second kappa shape index (κ2) is 6.73. The molecule has 0 bridgehead atoms. The van der Waals surface area contributed by atoms with E-state index in [2.05, 4.69) is 0 Å². The molecule has 1 saturated heterocycles. The van der Waals surface area contributed by atoms with Gasteiger partial charge < -0.3 is 15.7 Å². The molecular formula is C13H25ClN2O2. The van der Waals surface area contributed by atoms with Crippen LogP contribution in [0.2, 0.25) is 0 Å². The van der Waals surface area contributed by atoms with Crippen LogP contribution in [0, 0.1) is 11.8 Å². The van der Waals surface area contributed by atoms with Gasteiger partial charge in [-0.25, -0.2) is 0 Å². The Kier molecular flexibility index (Phi) is 5.89. The van der Waals surface area contributed by atoms with Gasteiger partial charge in [0.15, 0.2) is 0 Å². The minimum Gasteiger partial charge on any atom is -0.393 e. The lowest BCUT2D eigenvalue weighted by Gasteiger charge is -2.34. The average Bonchev–Trinajstić information content (AvgIpc) is 2.75. The molecule has 0 spiro atoms. The van der Waals surface area contributed by atoms with Crippen LogP contribution in [0.5, 0.6) is 0 Å². The van der Waals surface area contributed by atoms with Crippen LogP contribution in [0.3, 0.4) is 0 Å². The van der Waals surface area contributed by atoms with Crippen molar-refractivity contribution in [1.82, 2.24) is 4.90 Å². The number of rotatable bonds is 2. The molecule has 5 heteroatoms. The summed E-state index contributed by atoms with van der Waals surface area (Å²) in [5, 5.41) is 9.53. The Hall–Kier alpha value is -0.320. The molecule has 2 rings (SSSR count). The fourth-order valence-electron chi connectivity index (χ4n) is 3.10. The molecule has 0 aromatic carbocycles. The van der Waals surface area contributed by atoms with Gasteiger partial charge in [0.1, 0.15) is 0 Å². The van der Waals surface area contributed by atoms with Gasteiger partial charge in [-0.1, -0.05) is 0 Å². The van der Waals surface area contributed by atoms with Crippen molar-refractivity contribution in [1.29, 1.82) is 0 Å². The van der Waals surface area contributed by atoms with Crippen molar-refractivity contribution in [2.45, 2.75) is 51.2 Å². The summed E-state index contributed by atoms with van der Waals surface area (Å²) in [4.78, 5) is 14.2. The second-order valence-electron chi connectivity index (χ2n) is 5.67. The Bertz CT molecular complexity index is 278. The van der Waals surface area contributed by atoms with Crippen LogP contribution in [-0.2, 0) is 4.79 Å². The van der Waals surface area contributed by atoms with Crippen LogP contribution < -0.4 is 5.73 Å². The predicted octanol–water partition coefficient (Wildman–Crippen LogP) is 1.15. The SMILES string of the molecule is CC(O)C1CCN(C(=O)C2CCC(N)C2)CC1.Cl. The van der Waals surface area contributed by atoms with Crippen molar-refractivity contribution in [3.8, 4) is 0 Å². The Morgan fingerprint density at radius 1 is 1.28 bits per heavy atom. The summed E-state index contributed by atoms with van der Waals surface area (Å²) in [5.74, 6) is 0.819. The lowest BCUT2D eigenvalue weighted by Crippen LogP contribution is -2.43. The van der Waals surface area contributed by atoms with E-state index in [9.17, 15) is 9.90 Å². The van der Waals surface area contributed by atoms with Crippen molar-refractivity contribution < 1.29 is 9.90 Å². The van der Waals surface area contributed by atoms with E-state index in [1.54, 1.807) is 0 Å². The van der Waals surface area contributed by atoms with E-state index in [0.29, 0.717) is 11.8 Å². The van der Waals surface area contributed by atoms with E-state index in [-0.39, 0.29) is 30.5 Å². The first-order valence-corrected chi connectivity index (χ1v) is 6.80. The summed E-state index contributed by atoms with van der Waals surface area (Å²) in [7, 11) is 0. The number of nitrogens with zero attached hydrogens (tertiary/aromatic N) is 1. The van der Waals surface area contributed by atoms with Gasteiger partial charge in [0.2, 0.25) is 5.91 Å². The molecule has 0 aromatic rings. The molecule has 3 N–H and O–H groups in total. The zero-order chi connectivity index (χ0) is 12.4. The van der Waals surface area contributed by atoms with E-state index in [4.69, 9.17) is 5.73 Å². The summed E-state index contributed by atoms with van der Waals surface area (Å²) in [5.41, 5.74) is 5.85. The molecule has 3 unspecified atom stereocenters. The molecule has 0 aromatic heterocycles. The first kappa shape index (κ1) is 15.7. The molecular weight excluding hydrogens is 252 g/mol. The molecule has 1 amide bonds. The number of carbonyl (C=O) groups is 1. The number of hydrogen-bond donors (Lipinski definition) is 2. The number of aliphatic hydroxyl groups excluding tert-OH is 1. The van der Waals surface area contributed by atoms with Crippen molar-refractivity contribution in [2.75, 3.05) is 13.1 Å². The third-order valence-corrected chi connectivity index (χ3v) is 4.36. The normalized spacial score (nSPS) is 30.9. The van der Waals surface area contributed by atoms with E-state index >= 15 is 0 Å². The Morgan fingerprint density at radius 2 is 1.89 bits per heavy atom. The Balaban J connectivity index is 0.00000162. The third-order valence-electron chi connectivity index (χ3n) is 4.36. The number of piperidine rings is 1. The zero-order valence-corrected chi connectivity index (χ0v) is 11.9. The van der Waals surface area contributed by atoms with E-state index < -0.39 is 0 Å². The molecule has 106 valence electrons. The van der Waals surface area contributed by atoms with Gasteiger partial charge in [-0.3, -0.25) is 4.79 Å². The van der Waals surface area contributed by atoms with Gasteiger partial charge >= 0.3 is 0 Å². The molecule has 1 aliphatic carbocycles. The number of aliphatic hydroxyl groups is 1. The van der Waals surface area contributed by atoms with Crippen molar-refractivity contribution in [2.24, 2.45) is 17.6 Å². The molecule has 1 aliphatic heterocycles. The number of nitrogens with two attached hydrogens (primary N) is 1. The van der Waals surface area contributed by atoms with Crippen molar-refractivity contribution in [3.05, 3.63) is 0 Å². The highest BCUT2D eigenvalue weighted by molar-refractivity contribution is 5.85. The lowest BCUT2D eigenvalue weighted by molar-refractivity contribution is -0.137. The molecule has 2 fully saturated rings. The summed E-state index contributed by atoms with van der Waals surface area (Å²) in [6.45, 7) is 3.46. The number of carbonyl (C=O) groups excluding carboxylic acids is 1. The quantitative estimate of drug-likeness (QED) is 0.795. The van der Waals surface area contributed by atoms with Crippen LogP contribution in [0.4, 0.5) is 0 Å². The molecule has 1 heterocycles. The molecule has 2 aliphatic rings. The number of amides is 1. The van der Waals surface area contributed by atoms with Gasteiger partial charge in [-0.2, -0.15) is 0 Å². The predicted molar refractivity (Wildman–Crippen MR) is 73.5 cm³/mol. The van der Waals surface area contributed by atoms with Gasteiger partial charge in [0.25, 0.3) is 0 Å². The maximum absolute atomic E-state index is 12.2. The average molecular weight is 277 g/mol. The fourth-order valence-corrected chi connectivity index (χ4v) is 3.10. The van der Waals surface area contributed by atoms with E-state index in [1.807, 2.05) is 11.8 Å². The number of hydrogen-bond acceptors (Lipinski definition) is 3. The largest absolute Gasteiger partial charge is 0.393 e. The van der Waals surface area contributed by atoms with Crippen LogP contribution in [0.15, 0.2) is 0 Å². The van der Waals surface area contributed by atoms with Gasteiger partial charge in [0, 0.05) is 25.0 Å². The summed E-state index contributed by atoms with van der Waals surface area (Å²) in [6.07, 6.45) is 4.42. The highest BCUT2D eigenvalue weighted by Crippen LogP contribution is 2.28. The third kappa shape index (κ3) is 3.59. The van der Waals surface area contributed by atoms with Gasteiger partial charge in [0.05, 0.1) is 6.10 Å². The molecule has 3 atom stereocenters. The first-order valence-electron chi connectivity index (χ1n) is 6.80. The second-order valence-corrected chi connectivity index (χ2v) is 5.67. The van der Waals surface area contributed by atoms with Crippen LogP contribution in [-0.4, -0.2) is 41.1 Å². The highest BCUT2D eigenvalue weighted by Gasteiger charge is 2.33. The molecule has 1 saturated carbocycles. The summed E-state index contributed by atoms with van der Waals surface area (Å²) < 4.78 is 0. The maximum Gasteiger partial charge on any atom is 0.225 e. The highest BCUT2D eigenvalue weighted by atomic mass is 35.5. The van der Waals surface area contributed by atoms with Crippen molar-refractivity contribution in [3.63, 3.8) is 0 Å².